The van der Waals surface area contributed by atoms with Gasteiger partial charge in [0.2, 0.25) is 5.95 Å². The number of halogens is 4. The van der Waals surface area contributed by atoms with Gasteiger partial charge in [-0.05, 0) is 26.2 Å². The minimum absolute atomic E-state index is 0.118. The van der Waals surface area contributed by atoms with Crippen molar-refractivity contribution in [1.82, 2.24) is 25.0 Å². The molecule has 1 amide bonds. The molecule has 11 heteroatoms. The van der Waals surface area contributed by atoms with E-state index in [0.717, 1.165) is 15.6 Å². The number of aromatic nitrogens is 4. The Morgan fingerprint density at radius 2 is 2.08 bits per heavy atom. The summed E-state index contributed by atoms with van der Waals surface area (Å²) in [4.78, 5) is 12.0. The summed E-state index contributed by atoms with van der Waals surface area (Å²) in [6.07, 6.45) is -2.12. The largest absolute Gasteiger partial charge is 0.435 e. The van der Waals surface area contributed by atoms with E-state index in [-0.39, 0.29) is 11.1 Å². The maximum absolute atomic E-state index is 13.7. The molecule has 0 aliphatic heterocycles. The number of aryl methyl sites for hydroxylation is 2. The average Bonchev–Trinajstić information content (AvgIpc) is 3.19. The second kappa shape index (κ2) is 6.54. The number of rotatable bonds is 4. The lowest BCUT2D eigenvalue weighted by molar-refractivity contribution is -0.142. The van der Waals surface area contributed by atoms with Crippen LogP contribution in [0.4, 0.5) is 17.6 Å². The Hall–Kier alpha value is -2.72. The fraction of sp³-hybridized carbons (Fsp3) is 0.467. The summed E-state index contributed by atoms with van der Waals surface area (Å²) in [6, 6.07) is 0. The van der Waals surface area contributed by atoms with Crippen LogP contribution in [0.5, 0.6) is 0 Å². The van der Waals surface area contributed by atoms with Crippen molar-refractivity contribution >= 4 is 12.1 Å². The van der Waals surface area contributed by atoms with Crippen molar-refractivity contribution in [2.24, 2.45) is 12.1 Å². The average molecular weight is 372 g/mol. The Morgan fingerprint density at radius 3 is 2.69 bits per heavy atom. The van der Waals surface area contributed by atoms with Gasteiger partial charge in [-0.2, -0.15) is 32.9 Å². The van der Waals surface area contributed by atoms with Gasteiger partial charge in [0.1, 0.15) is 6.54 Å². The SMILES string of the molecule is Cc1nn(C)c(F)c1/C=N\NC(=O)Cn1nc(C(F)(F)F)c2c1CCC2. The van der Waals surface area contributed by atoms with Crippen LogP contribution in [0.2, 0.25) is 0 Å². The van der Waals surface area contributed by atoms with Gasteiger partial charge < -0.3 is 0 Å². The molecule has 0 unspecified atom stereocenters. The van der Waals surface area contributed by atoms with Gasteiger partial charge in [-0.3, -0.25) is 9.48 Å². The molecule has 2 aromatic heterocycles. The number of hydrazone groups is 1. The molecule has 0 saturated carbocycles. The molecular weight excluding hydrogens is 356 g/mol. The molecule has 2 aromatic rings. The fourth-order valence-corrected chi connectivity index (χ4v) is 3.00. The third-order valence-electron chi connectivity index (χ3n) is 4.15. The Kier molecular flexibility index (Phi) is 4.55. The number of carbonyl (C=O) groups is 1. The smallest absolute Gasteiger partial charge is 0.271 e. The van der Waals surface area contributed by atoms with Gasteiger partial charge in [0, 0.05) is 18.3 Å². The molecule has 140 valence electrons. The number of fused-ring (bicyclic) bond motifs is 1. The quantitative estimate of drug-likeness (QED) is 0.504. The van der Waals surface area contributed by atoms with Crippen molar-refractivity contribution in [1.29, 1.82) is 0 Å². The monoisotopic (exact) mass is 372 g/mol. The number of hydrogen-bond donors (Lipinski definition) is 1. The molecule has 0 spiro atoms. The van der Waals surface area contributed by atoms with Gasteiger partial charge in [0.15, 0.2) is 5.69 Å². The summed E-state index contributed by atoms with van der Waals surface area (Å²) < 4.78 is 54.9. The predicted octanol–water partition coefficient (Wildman–Crippen LogP) is 1.72. The molecule has 0 bridgehead atoms. The van der Waals surface area contributed by atoms with Gasteiger partial charge >= 0.3 is 6.18 Å². The Labute approximate surface area is 145 Å². The van der Waals surface area contributed by atoms with Crippen molar-refractivity contribution in [3.63, 3.8) is 0 Å². The van der Waals surface area contributed by atoms with Crippen molar-refractivity contribution in [3.8, 4) is 0 Å². The minimum Gasteiger partial charge on any atom is -0.271 e. The van der Waals surface area contributed by atoms with E-state index in [2.05, 4.69) is 20.7 Å². The standard InChI is InChI=1S/C15H16F4N6O/c1-8-10(14(16)24(2)22-8)6-20-21-12(26)7-25-11-5-3-4-9(11)13(23-25)15(17,18)19/h6H,3-5,7H2,1-2H3,(H,21,26)/b20-6-. The van der Waals surface area contributed by atoms with Gasteiger partial charge in [-0.15, -0.1) is 0 Å². The van der Waals surface area contributed by atoms with Crippen LogP contribution in [0.1, 0.15) is 34.6 Å². The summed E-state index contributed by atoms with van der Waals surface area (Å²) in [5, 5.41) is 11.0. The highest BCUT2D eigenvalue weighted by Gasteiger charge is 2.40. The van der Waals surface area contributed by atoms with Crippen LogP contribution in [0.25, 0.3) is 0 Å². The number of nitrogens with one attached hydrogen (secondary N) is 1. The van der Waals surface area contributed by atoms with Crippen LogP contribution in [0.15, 0.2) is 5.10 Å². The maximum Gasteiger partial charge on any atom is 0.435 e. The summed E-state index contributed by atoms with van der Waals surface area (Å²) in [7, 11) is 1.43. The second-order valence-corrected chi connectivity index (χ2v) is 5.99. The van der Waals surface area contributed by atoms with Crippen molar-refractivity contribution < 1.29 is 22.4 Å². The Balaban J connectivity index is 1.70. The Morgan fingerprint density at radius 1 is 1.35 bits per heavy atom. The summed E-state index contributed by atoms with van der Waals surface area (Å²) in [5.74, 6) is -1.27. The molecule has 1 aliphatic rings. The fourth-order valence-electron chi connectivity index (χ4n) is 3.00. The van der Waals surface area contributed by atoms with E-state index in [1.807, 2.05) is 0 Å². The zero-order valence-corrected chi connectivity index (χ0v) is 14.1. The summed E-state index contributed by atoms with van der Waals surface area (Å²) in [5.41, 5.74) is 2.32. The second-order valence-electron chi connectivity index (χ2n) is 5.99. The van der Waals surface area contributed by atoms with Crippen LogP contribution < -0.4 is 5.43 Å². The number of carbonyl (C=O) groups excluding carboxylic acids is 1. The van der Waals surface area contributed by atoms with E-state index >= 15 is 0 Å². The van der Waals surface area contributed by atoms with E-state index in [1.165, 1.54) is 7.05 Å². The zero-order chi connectivity index (χ0) is 19.1. The van der Waals surface area contributed by atoms with E-state index in [4.69, 9.17) is 0 Å². The molecule has 0 saturated heterocycles. The van der Waals surface area contributed by atoms with Crippen molar-refractivity contribution in [2.45, 2.75) is 38.9 Å². The van der Waals surface area contributed by atoms with Gasteiger partial charge in [0.05, 0.1) is 17.5 Å². The van der Waals surface area contributed by atoms with Crippen molar-refractivity contribution in [3.05, 3.63) is 34.2 Å². The van der Waals surface area contributed by atoms with Gasteiger partial charge in [-0.1, -0.05) is 0 Å². The third kappa shape index (κ3) is 3.33. The first-order valence-corrected chi connectivity index (χ1v) is 7.85. The first kappa shape index (κ1) is 18.1. The number of hydrogen-bond acceptors (Lipinski definition) is 4. The van der Waals surface area contributed by atoms with Gasteiger partial charge in [-0.25, -0.2) is 10.1 Å². The van der Waals surface area contributed by atoms with Crippen LogP contribution in [-0.2, 0) is 37.4 Å². The number of nitrogens with zero attached hydrogens (tertiary/aromatic N) is 5. The van der Waals surface area contributed by atoms with E-state index < -0.39 is 30.3 Å². The van der Waals surface area contributed by atoms with Crippen LogP contribution >= 0.6 is 0 Å². The van der Waals surface area contributed by atoms with Crippen LogP contribution in [0, 0.1) is 12.9 Å². The summed E-state index contributed by atoms with van der Waals surface area (Å²) in [6.45, 7) is 1.18. The molecular formula is C15H16F4N6O. The van der Waals surface area contributed by atoms with E-state index in [1.54, 1.807) is 6.92 Å². The molecule has 0 fully saturated rings. The minimum atomic E-state index is -4.55. The highest BCUT2D eigenvalue weighted by Crippen LogP contribution is 2.36. The Bertz CT molecular complexity index is 880. The molecule has 2 heterocycles. The molecule has 0 radical (unpaired) electrons. The summed E-state index contributed by atoms with van der Waals surface area (Å²) >= 11 is 0. The van der Waals surface area contributed by atoms with Crippen LogP contribution in [-0.4, -0.2) is 31.7 Å². The molecule has 1 aliphatic carbocycles. The zero-order valence-electron chi connectivity index (χ0n) is 14.1. The molecule has 7 nitrogen and oxygen atoms in total. The lowest BCUT2D eigenvalue weighted by Crippen LogP contribution is -2.25. The molecule has 1 N–H and O–H groups in total. The molecule has 26 heavy (non-hydrogen) atoms. The molecule has 0 atom stereocenters. The molecule has 0 aromatic carbocycles. The number of amides is 1. The normalized spacial score (nSPS) is 14.2. The van der Waals surface area contributed by atoms with E-state index in [0.29, 0.717) is 30.7 Å². The lowest BCUT2D eigenvalue weighted by Gasteiger charge is -2.05. The first-order chi connectivity index (χ1) is 12.2. The van der Waals surface area contributed by atoms with E-state index in [9.17, 15) is 22.4 Å². The molecule has 3 rings (SSSR count). The lowest BCUT2D eigenvalue weighted by atomic mass is 10.2. The third-order valence-corrected chi connectivity index (χ3v) is 4.15. The first-order valence-electron chi connectivity index (χ1n) is 7.85. The predicted molar refractivity (Wildman–Crippen MR) is 82.9 cm³/mol. The number of alkyl halides is 3. The topological polar surface area (TPSA) is 77.1 Å². The van der Waals surface area contributed by atoms with Crippen LogP contribution in [0.3, 0.4) is 0 Å². The maximum atomic E-state index is 13.7. The van der Waals surface area contributed by atoms with Gasteiger partial charge in [0.25, 0.3) is 5.91 Å². The highest BCUT2D eigenvalue weighted by atomic mass is 19.4. The van der Waals surface area contributed by atoms with Crippen molar-refractivity contribution in [2.75, 3.05) is 0 Å². The highest BCUT2D eigenvalue weighted by molar-refractivity contribution is 5.83.